The van der Waals surface area contributed by atoms with Gasteiger partial charge in [0.25, 0.3) is 5.91 Å². The number of nitrogens with one attached hydrogen (secondary N) is 1. The van der Waals surface area contributed by atoms with Gasteiger partial charge in [-0.1, -0.05) is 49.4 Å². The Balaban J connectivity index is 1.55. The first-order valence-electron chi connectivity index (χ1n) is 10.7. The van der Waals surface area contributed by atoms with E-state index in [1.807, 2.05) is 24.3 Å². The number of carbonyl (C=O) groups is 1. The third-order valence-electron chi connectivity index (χ3n) is 5.68. The zero-order valence-electron chi connectivity index (χ0n) is 18.0. The summed E-state index contributed by atoms with van der Waals surface area (Å²) in [7, 11) is 0. The fourth-order valence-corrected chi connectivity index (χ4v) is 4.98. The van der Waals surface area contributed by atoms with Gasteiger partial charge in [-0.25, -0.2) is 0 Å². The third kappa shape index (κ3) is 3.58. The van der Waals surface area contributed by atoms with Crippen LogP contribution in [-0.2, 0) is 11.3 Å². The molecule has 0 spiro atoms. The van der Waals surface area contributed by atoms with Crippen molar-refractivity contribution >= 4 is 50.7 Å². The lowest BCUT2D eigenvalue weighted by Crippen LogP contribution is -2.35. The van der Waals surface area contributed by atoms with Crippen molar-refractivity contribution in [2.24, 2.45) is 10.1 Å². The molecule has 0 aliphatic carbocycles. The summed E-state index contributed by atoms with van der Waals surface area (Å²) in [6.07, 6.45) is 5.60. The lowest BCUT2D eigenvalue weighted by Gasteiger charge is -2.20. The molecule has 2 aromatic carbocycles. The van der Waals surface area contributed by atoms with E-state index < -0.39 is 5.91 Å². The van der Waals surface area contributed by atoms with Gasteiger partial charge in [-0.2, -0.15) is 15.1 Å². The van der Waals surface area contributed by atoms with Crippen molar-refractivity contribution in [3.05, 3.63) is 77.0 Å². The Morgan fingerprint density at radius 3 is 2.72 bits per heavy atom. The van der Waals surface area contributed by atoms with E-state index in [-0.39, 0.29) is 11.4 Å². The highest BCUT2D eigenvalue weighted by Crippen LogP contribution is 2.31. The number of hydrogen-bond donors (Lipinski definition) is 1. The zero-order chi connectivity index (χ0) is 22.2. The number of aliphatic imine (C=N–C) groups is 1. The second-order valence-electron chi connectivity index (χ2n) is 7.92. The molecule has 7 heteroatoms. The molecule has 1 amide bonds. The number of nitrogens with zero attached hydrogens (tertiary/aromatic N) is 4. The lowest BCUT2D eigenvalue weighted by molar-refractivity contribution is -0.114. The first-order valence-corrected chi connectivity index (χ1v) is 11.5. The average Bonchev–Trinajstić information content (AvgIpc) is 3.34. The van der Waals surface area contributed by atoms with E-state index in [0.29, 0.717) is 5.17 Å². The van der Waals surface area contributed by atoms with E-state index in [9.17, 15) is 4.79 Å². The minimum atomic E-state index is -0.391. The normalized spacial score (nSPS) is 17.2. The maximum atomic E-state index is 12.8. The van der Waals surface area contributed by atoms with Gasteiger partial charge in [0.15, 0.2) is 5.84 Å². The van der Waals surface area contributed by atoms with Gasteiger partial charge in [0.05, 0.1) is 5.57 Å². The van der Waals surface area contributed by atoms with Crippen molar-refractivity contribution in [2.75, 3.05) is 0 Å². The second-order valence-corrected chi connectivity index (χ2v) is 8.96. The molecule has 2 aliphatic heterocycles. The van der Waals surface area contributed by atoms with Crippen molar-refractivity contribution < 1.29 is 4.79 Å². The molecule has 5 rings (SSSR count). The fourth-order valence-electron chi connectivity index (χ4n) is 3.99. The van der Waals surface area contributed by atoms with E-state index in [2.05, 4.69) is 59.0 Å². The van der Waals surface area contributed by atoms with E-state index in [1.54, 1.807) is 6.08 Å². The molecule has 0 unspecified atom stereocenters. The van der Waals surface area contributed by atoms with Crippen molar-refractivity contribution in [3.63, 3.8) is 0 Å². The van der Waals surface area contributed by atoms with Crippen LogP contribution in [0.15, 0.2) is 70.4 Å². The molecule has 0 atom stereocenters. The van der Waals surface area contributed by atoms with Crippen LogP contribution in [0.4, 0.5) is 0 Å². The summed E-state index contributed by atoms with van der Waals surface area (Å²) >= 11 is 1.38. The molecule has 0 radical (unpaired) electrons. The van der Waals surface area contributed by atoms with Gasteiger partial charge in [0.1, 0.15) is 5.04 Å². The molecular weight excluding hydrogens is 418 g/mol. The second kappa shape index (κ2) is 8.24. The molecule has 2 aliphatic rings. The highest BCUT2D eigenvalue weighted by molar-refractivity contribution is 8.26. The summed E-state index contributed by atoms with van der Waals surface area (Å²) in [5.74, 6) is -0.313. The molecule has 0 saturated heterocycles. The van der Waals surface area contributed by atoms with Gasteiger partial charge >= 0.3 is 0 Å². The number of amides is 1. The largest absolute Gasteiger partial charge is 0.342 e. The van der Waals surface area contributed by atoms with Crippen molar-refractivity contribution in [2.45, 2.75) is 33.2 Å². The topological polar surface area (TPSA) is 73.8 Å². The molecular formula is C25H23N5OS. The summed E-state index contributed by atoms with van der Waals surface area (Å²) in [4.78, 5) is 17.0. The van der Waals surface area contributed by atoms with E-state index >= 15 is 0 Å². The van der Waals surface area contributed by atoms with Gasteiger partial charge in [-0.15, -0.1) is 0 Å². The van der Waals surface area contributed by atoms with Crippen LogP contribution in [0.3, 0.4) is 0 Å². The van der Waals surface area contributed by atoms with Crippen LogP contribution in [0.25, 0.3) is 17.0 Å². The minimum absolute atomic E-state index is 0.0781. The van der Waals surface area contributed by atoms with Crippen LogP contribution in [-0.4, -0.2) is 31.5 Å². The Bertz CT molecular complexity index is 1350. The quantitative estimate of drug-likeness (QED) is 0.538. The van der Waals surface area contributed by atoms with Crippen LogP contribution >= 0.6 is 11.8 Å². The number of aromatic nitrogens is 1. The number of fused-ring (bicyclic) bond motifs is 2. The maximum absolute atomic E-state index is 12.8. The number of amidine groups is 2. The Hall–Kier alpha value is -3.45. The highest BCUT2D eigenvalue weighted by Gasteiger charge is 2.35. The number of hydrogen-bond acceptors (Lipinski definition) is 4. The molecule has 3 heterocycles. The van der Waals surface area contributed by atoms with E-state index in [0.717, 1.165) is 40.9 Å². The average molecular weight is 442 g/mol. The molecule has 6 nitrogen and oxygen atoms in total. The Labute approximate surface area is 190 Å². The van der Waals surface area contributed by atoms with Crippen LogP contribution in [0.1, 0.15) is 36.5 Å². The number of rotatable bonds is 5. The molecule has 1 aromatic heterocycles. The SMILES string of the molecule is CCCC1=NN2C(=N)/C(=C\c3cn(Cc4ccccc4C)c4ccccc34)C(=O)N=C2S1. The summed E-state index contributed by atoms with van der Waals surface area (Å²) in [5, 5.41) is 17.0. The number of benzene rings is 2. The molecule has 0 fully saturated rings. The predicted molar refractivity (Wildman–Crippen MR) is 132 cm³/mol. The minimum Gasteiger partial charge on any atom is -0.342 e. The lowest BCUT2D eigenvalue weighted by atomic mass is 10.1. The summed E-state index contributed by atoms with van der Waals surface area (Å²) < 4.78 is 2.19. The van der Waals surface area contributed by atoms with Crippen LogP contribution in [0.2, 0.25) is 0 Å². The predicted octanol–water partition coefficient (Wildman–Crippen LogP) is 5.42. The monoisotopic (exact) mass is 441 g/mol. The Kier molecular flexibility index (Phi) is 5.27. The van der Waals surface area contributed by atoms with Crippen LogP contribution < -0.4 is 0 Å². The smallest absolute Gasteiger partial charge is 0.283 e. The number of thioether (sulfide) groups is 1. The Morgan fingerprint density at radius 2 is 1.91 bits per heavy atom. The molecule has 3 aromatic rings. The molecule has 0 bridgehead atoms. The summed E-state index contributed by atoms with van der Waals surface area (Å²) in [5.41, 5.74) is 4.72. The van der Waals surface area contributed by atoms with E-state index in [4.69, 9.17) is 5.41 Å². The van der Waals surface area contributed by atoms with Crippen molar-refractivity contribution in [1.82, 2.24) is 9.58 Å². The zero-order valence-corrected chi connectivity index (χ0v) is 18.8. The Morgan fingerprint density at radius 1 is 1.12 bits per heavy atom. The van der Waals surface area contributed by atoms with Gasteiger partial charge in [0, 0.05) is 29.2 Å². The third-order valence-corrected chi connectivity index (χ3v) is 6.65. The van der Waals surface area contributed by atoms with E-state index in [1.165, 1.54) is 27.9 Å². The van der Waals surface area contributed by atoms with Crippen molar-refractivity contribution in [3.8, 4) is 0 Å². The van der Waals surface area contributed by atoms with Crippen LogP contribution in [0, 0.1) is 12.3 Å². The molecule has 1 N–H and O–H groups in total. The maximum Gasteiger partial charge on any atom is 0.283 e. The molecule has 160 valence electrons. The van der Waals surface area contributed by atoms with Gasteiger partial charge in [-0.3, -0.25) is 10.2 Å². The molecule has 32 heavy (non-hydrogen) atoms. The van der Waals surface area contributed by atoms with Gasteiger partial charge in [-0.05, 0) is 54.8 Å². The number of hydrazone groups is 1. The van der Waals surface area contributed by atoms with Gasteiger partial charge in [0.2, 0.25) is 5.17 Å². The number of carbonyl (C=O) groups excluding carboxylic acids is 1. The van der Waals surface area contributed by atoms with Gasteiger partial charge < -0.3 is 4.57 Å². The number of para-hydroxylation sites is 1. The first-order chi connectivity index (χ1) is 15.5. The highest BCUT2D eigenvalue weighted by atomic mass is 32.2. The van der Waals surface area contributed by atoms with Crippen LogP contribution in [0.5, 0.6) is 0 Å². The fraction of sp³-hybridized carbons (Fsp3) is 0.200. The standard InChI is InChI=1S/C25H23N5OS/c1-3-8-22-28-30-23(26)20(24(31)27-25(30)32-22)13-18-15-29(21-12-7-6-11-19(18)21)14-17-10-5-4-9-16(17)2/h4-7,9-13,15,26H,3,8,14H2,1-2H3/b20-13+,26-23?. The number of aryl methyl sites for hydroxylation is 1. The summed E-state index contributed by atoms with van der Waals surface area (Å²) in [6.45, 7) is 4.93. The van der Waals surface area contributed by atoms with Crippen molar-refractivity contribution in [1.29, 1.82) is 5.41 Å². The summed E-state index contributed by atoms with van der Waals surface area (Å²) in [6, 6.07) is 16.5. The first kappa shape index (κ1) is 20.5. The molecule has 0 saturated carbocycles.